The van der Waals surface area contributed by atoms with Gasteiger partial charge in [-0.1, -0.05) is 0 Å². The van der Waals surface area contributed by atoms with Gasteiger partial charge >= 0.3 is 0 Å². The highest BCUT2D eigenvalue weighted by molar-refractivity contribution is 14.1. The third kappa shape index (κ3) is 4.35. The molecule has 0 N–H and O–H groups in total. The van der Waals surface area contributed by atoms with Crippen molar-refractivity contribution in [3.8, 4) is 0 Å². The topological polar surface area (TPSA) is 17.1 Å². The maximum absolute atomic E-state index is 8.00. The first-order chi connectivity index (χ1) is 5.61. The highest BCUT2D eigenvalue weighted by atomic mass is 127. The largest absolute Gasteiger partial charge is 0.307 e. The minimum Gasteiger partial charge on any atom is -0.307 e. The van der Waals surface area contributed by atoms with E-state index in [0.29, 0.717) is 0 Å². The van der Waals surface area contributed by atoms with Crippen LogP contribution in [0.1, 0.15) is 0 Å². The van der Waals surface area contributed by atoms with E-state index in [0.717, 1.165) is 0 Å². The second-order valence-electron chi connectivity index (χ2n) is 1.68. The van der Waals surface area contributed by atoms with Crippen molar-refractivity contribution in [2.45, 2.75) is 0 Å². The van der Waals surface area contributed by atoms with E-state index in [-0.39, 0.29) is 0 Å². The van der Waals surface area contributed by atoms with Crippen LogP contribution in [0.4, 0.5) is 0 Å². The zero-order chi connectivity index (χ0) is 9.72. The van der Waals surface area contributed by atoms with E-state index in [1.165, 1.54) is 14.3 Å². The second kappa shape index (κ2) is 7.15. The summed E-state index contributed by atoms with van der Waals surface area (Å²) in [5.41, 5.74) is 0. The Morgan fingerprint density at radius 2 is 1.25 bits per heavy atom. The maximum atomic E-state index is 8.00. The Bertz CT molecular complexity index is 251. The Balaban J connectivity index is 0.000000561. The van der Waals surface area contributed by atoms with Gasteiger partial charge in [0.1, 0.15) is 6.79 Å². The maximum Gasteiger partial charge on any atom is 0.106 e. The molecule has 0 spiro atoms. The SMILES string of the molecule is C=O.Ic1cc(I)c(I)c(I)c1. The third-order valence-electron chi connectivity index (χ3n) is 0.949. The zero-order valence-corrected chi connectivity index (χ0v) is 14.4. The van der Waals surface area contributed by atoms with Gasteiger partial charge in [0.2, 0.25) is 0 Å². The van der Waals surface area contributed by atoms with E-state index in [1.807, 2.05) is 6.79 Å². The van der Waals surface area contributed by atoms with Crippen LogP contribution in [-0.4, -0.2) is 6.79 Å². The average Bonchev–Trinajstić information content (AvgIpc) is 2.04. The van der Waals surface area contributed by atoms with Crippen LogP contribution in [0.25, 0.3) is 0 Å². The molecule has 0 fully saturated rings. The molecule has 1 aromatic carbocycles. The van der Waals surface area contributed by atoms with Crippen molar-refractivity contribution in [2.75, 3.05) is 0 Å². The third-order valence-corrected chi connectivity index (χ3v) is 6.50. The predicted octanol–water partition coefficient (Wildman–Crippen LogP) is 3.92. The molecule has 1 aromatic rings. The van der Waals surface area contributed by atoms with Gasteiger partial charge in [-0.15, -0.1) is 0 Å². The molecule has 0 bridgehead atoms. The standard InChI is InChI=1S/C6H2I4.CH2O/c7-3-1-4(8)6(10)5(9)2-3;1-2/h1-2H;1H2. The summed E-state index contributed by atoms with van der Waals surface area (Å²) in [4.78, 5) is 8.00. The molecule has 0 saturated carbocycles. The Morgan fingerprint density at radius 1 is 0.917 bits per heavy atom. The molecule has 5 heteroatoms. The fourth-order valence-corrected chi connectivity index (χ4v) is 4.42. The van der Waals surface area contributed by atoms with Crippen molar-refractivity contribution < 1.29 is 4.79 Å². The Labute approximate surface area is 126 Å². The van der Waals surface area contributed by atoms with Gasteiger partial charge in [-0.25, -0.2) is 0 Å². The summed E-state index contributed by atoms with van der Waals surface area (Å²) < 4.78 is 5.36. The first-order valence-corrected chi connectivity index (χ1v) is 7.01. The van der Waals surface area contributed by atoms with Crippen LogP contribution >= 0.6 is 90.4 Å². The van der Waals surface area contributed by atoms with Crippen molar-refractivity contribution in [1.82, 2.24) is 0 Å². The number of hydrogen-bond acceptors (Lipinski definition) is 1. The van der Waals surface area contributed by atoms with E-state index >= 15 is 0 Å². The van der Waals surface area contributed by atoms with E-state index in [4.69, 9.17) is 4.79 Å². The van der Waals surface area contributed by atoms with Crippen LogP contribution in [-0.2, 0) is 4.79 Å². The number of carbonyl (C=O) groups is 1. The minimum atomic E-state index is 1.31. The van der Waals surface area contributed by atoms with Gasteiger partial charge in [-0.05, 0) is 102 Å². The zero-order valence-electron chi connectivity index (χ0n) is 5.78. The van der Waals surface area contributed by atoms with E-state index < -0.39 is 0 Å². The van der Waals surface area contributed by atoms with Crippen LogP contribution in [0.3, 0.4) is 0 Å². The van der Waals surface area contributed by atoms with Gasteiger partial charge in [0.05, 0.1) is 0 Å². The first-order valence-electron chi connectivity index (χ1n) is 2.70. The lowest BCUT2D eigenvalue weighted by Crippen LogP contribution is -1.85. The smallest absolute Gasteiger partial charge is 0.106 e. The first kappa shape index (κ1) is 13.8. The Kier molecular flexibility index (Phi) is 8.23. The summed E-state index contributed by atoms with van der Waals surface area (Å²) in [5.74, 6) is 0. The molecule has 12 heavy (non-hydrogen) atoms. The van der Waals surface area contributed by atoms with Gasteiger partial charge in [0.25, 0.3) is 0 Å². The van der Waals surface area contributed by atoms with Crippen molar-refractivity contribution in [1.29, 1.82) is 0 Å². The van der Waals surface area contributed by atoms with Crippen molar-refractivity contribution in [3.05, 3.63) is 26.4 Å². The van der Waals surface area contributed by atoms with E-state index in [2.05, 4.69) is 102 Å². The fourth-order valence-electron chi connectivity index (χ4n) is 0.525. The van der Waals surface area contributed by atoms with Crippen molar-refractivity contribution >= 4 is 97.2 Å². The van der Waals surface area contributed by atoms with Crippen molar-refractivity contribution in [2.24, 2.45) is 0 Å². The van der Waals surface area contributed by atoms with Crippen LogP contribution < -0.4 is 0 Å². The number of hydrogen-bond donors (Lipinski definition) is 0. The fraction of sp³-hybridized carbons (Fsp3) is 0. The molecule has 66 valence electrons. The van der Waals surface area contributed by atoms with Gasteiger partial charge < -0.3 is 4.79 Å². The van der Waals surface area contributed by atoms with Gasteiger partial charge in [-0.2, -0.15) is 0 Å². The summed E-state index contributed by atoms with van der Waals surface area (Å²) in [6.07, 6.45) is 0. The number of benzene rings is 1. The molecule has 0 radical (unpaired) electrons. The van der Waals surface area contributed by atoms with Gasteiger partial charge in [-0.3, -0.25) is 0 Å². The normalized spacial score (nSPS) is 8.67. The second-order valence-corrected chi connectivity index (χ2v) is 6.33. The molecule has 0 saturated heterocycles. The van der Waals surface area contributed by atoms with Crippen molar-refractivity contribution in [3.63, 3.8) is 0 Å². The summed E-state index contributed by atoms with van der Waals surface area (Å²) in [6.45, 7) is 2.00. The number of carbonyl (C=O) groups excluding carboxylic acids is 1. The molecule has 0 aromatic heterocycles. The highest BCUT2D eigenvalue weighted by Gasteiger charge is 2.01. The van der Waals surface area contributed by atoms with Crippen LogP contribution in [0.15, 0.2) is 12.1 Å². The van der Waals surface area contributed by atoms with Crippen LogP contribution in [0.2, 0.25) is 0 Å². The lowest BCUT2D eigenvalue weighted by molar-refractivity contribution is -0.0979. The molecule has 0 aliphatic heterocycles. The molecular weight excluding hydrogens is 608 g/mol. The minimum absolute atomic E-state index is 1.31. The van der Waals surface area contributed by atoms with E-state index in [9.17, 15) is 0 Å². The molecule has 0 unspecified atom stereocenters. The molecule has 0 heterocycles. The van der Waals surface area contributed by atoms with Gasteiger partial charge in [0, 0.05) is 14.3 Å². The monoisotopic (exact) mass is 612 g/mol. The lowest BCUT2D eigenvalue weighted by Gasteiger charge is -1.99. The average molecular weight is 612 g/mol. The molecule has 1 rings (SSSR count). The predicted molar refractivity (Wildman–Crippen MR) is 84.4 cm³/mol. The summed E-state index contributed by atoms with van der Waals surface area (Å²) >= 11 is 9.42. The lowest BCUT2D eigenvalue weighted by atomic mass is 10.4. The molecule has 0 aliphatic rings. The molecule has 0 atom stereocenters. The summed E-state index contributed by atoms with van der Waals surface area (Å²) in [5, 5.41) is 0. The van der Waals surface area contributed by atoms with Crippen LogP contribution in [0.5, 0.6) is 0 Å². The van der Waals surface area contributed by atoms with Gasteiger partial charge in [0.15, 0.2) is 0 Å². The summed E-state index contributed by atoms with van der Waals surface area (Å²) in [6, 6.07) is 4.37. The Morgan fingerprint density at radius 3 is 1.58 bits per heavy atom. The Hall–Kier alpha value is 1.81. The highest BCUT2D eigenvalue weighted by Crippen LogP contribution is 2.23. The molecule has 0 amide bonds. The number of rotatable bonds is 0. The molecular formula is C7H4I4O. The molecule has 1 nitrogen and oxygen atoms in total. The molecule has 0 aliphatic carbocycles. The number of halogens is 4. The van der Waals surface area contributed by atoms with Crippen LogP contribution in [0, 0.1) is 14.3 Å². The quantitative estimate of drug-likeness (QED) is 0.247. The van der Waals surface area contributed by atoms with E-state index in [1.54, 1.807) is 0 Å². The summed E-state index contributed by atoms with van der Waals surface area (Å²) in [7, 11) is 0.